The van der Waals surface area contributed by atoms with Crippen molar-refractivity contribution in [2.75, 3.05) is 14.1 Å². The summed E-state index contributed by atoms with van der Waals surface area (Å²) in [5.74, 6) is 0. The topological polar surface area (TPSA) is 67.2 Å². The number of likely N-dealkylation sites (N-methyl/N-ethyl adjacent to an activating group) is 1. The monoisotopic (exact) mass is 314 g/mol. The predicted octanol–water partition coefficient (Wildman–Crippen LogP) is 1.19. The number of nitrogens with zero attached hydrogens (tertiary/aromatic N) is 3. The predicted molar refractivity (Wildman–Crippen MR) is 82.7 cm³/mol. The van der Waals surface area contributed by atoms with E-state index in [-0.39, 0.29) is 12.1 Å². The second-order valence-electron chi connectivity index (χ2n) is 6.17. The molecule has 2 unspecified atom stereocenters. The highest BCUT2D eigenvalue weighted by molar-refractivity contribution is 7.89. The third kappa shape index (κ3) is 3.30. The number of hydrogen-bond acceptors (Lipinski definition) is 4. The summed E-state index contributed by atoms with van der Waals surface area (Å²) in [6.07, 6.45) is 4.15. The SMILES string of the molecule is Cc1nn(C)c(C)c1S(=O)(=O)NC1CCCCC1N(C)C. The molecule has 0 spiro atoms. The van der Waals surface area contributed by atoms with Crippen LogP contribution < -0.4 is 4.72 Å². The summed E-state index contributed by atoms with van der Waals surface area (Å²) in [5, 5.41) is 4.21. The van der Waals surface area contributed by atoms with Crippen LogP contribution in [0.15, 0.2) is 4.90 Å². The lowest BCUT2D eigenvalue weighted by atomic mass is 9.90. The summed E-state index contributed by atoms with van der Waals surface area (Å²) in [6.45, 7) is 3.53. The Morgan fingerprint density at radius 2 is 1.86 bits per heavy atom. The Kier molecular flexibility index (Phi) is 4.75. The Morgan fingerprint density at radius 3 is 2.38 bits per heavy atom. The van der Waals surface area contributed by atoms with Crippen molar-refractivity contribution in [1.29, 1.82) is 0 Å². The standard InChI is InChI=1S/C14H26N4O2S/c1-10-14(11(2)18(5)15-10)21(19,20)16-12-8-6-7-9-13(12)17(3)4/h12-13,16H,6-9H2,1-5H3. The van der Waals surface area contributed by atoms with Gasteiger partial charge in [-0.2, -0.15) is 5.10 Å². The zero-order chi connectivity index (χ0) is 15.8. The van der Waals surface area contributed by atoms with Crippen molar-refractivity contribution in [3.05, 3.63) is 11.4 Å². The first kappa shape index (κ1) is 16.5. The quantitative estimate of drug-likeness (QED) is 0.906. The van der Waals surface area contributed by atoms with Gasteiger partial charge < -0.3 is 4.90 Å². The molecule has 1 N–H and O–H groups in total. The molecular formula is C14H26N4O2S. The number of aryl methyl sites for hydroxylation is 2. The maximum atomic E-state index is 12.7. The molecule has 6 nitrogen and oxygen atoms in total. The smallest absolute Gasteiger partial charge is 0.244 e. The molecule has 0 aliphatic heterocycles. The van der Waals surface area contributed by atoms with Gasteiger partial charge in [0.05, 0.1) is 11.4 Å². The molecule has 7 heteroatoms. The lowest BCUT2D eigenvalue weighted by Crippen LogP contribution is -2.51. The molecule has 0 amide bonds. The molecule has 1 aliphatic carbocycles. The lowest BCUT2D eigenvalue weighted by Gasteiger charge is -2.36. The van der Waals surface area contributed by atoms with E-state index < -0.39 is 10.0 Å². The van der Waals surface area contributed by atoms with Gasteiger partial charge in [0, 0.05) is 19.1 Å². The molecular weight excluding hydrogens is 288 g/mol. The zero-order valence-corrected chi connectivity index (χ0v) is 14.4. The van der Waals surface area contributed by atoms with E-state index in [0.717, 1.165) is 25.7 Å². The van der Waals surface area contributed by atoms with Crippen molar-refractivity contribution in [1.82, 2.24) is 19.4 Å². The van der Waals surface area contributed by atoms with Crippen LogP contribution >= 0.6 is 0 Å². The maximum Gasteiger partial charge on any atom is 0.244 e. The van der Waals surface area contributed by atoms with Crippen LogP contribution in [0, 0.1) is 13.8 Å². The Morgan fingerprint density at radius 1 is 1.24 bits per heavy atom. The van der Waals surface area contributed by atoms with Gasteiger partial charge in [-0.25, -0.2) is 13.1 Å². The van der Waals surface area contributed by atoms with E-state index in [1.807, 2.05) is 14.1 Å². The van der Waals surface area contributed by atoms with E-state index >= 15 is 0 Å². The van der Waals surface area contributed by atoms with Crippen LogP contribution in [0.25, 0.3) is 0 Å². The summed E-state index contributed by atoms with van der Waals surface area (Å²) < 4.78 is 30.0. The summed E-state index contributed by atoms with van der Waals surface area (Å²) in [5.41, 5.74) is 1.23. The Balaban J connectivity index is 2.28. The van der Waals surface area contributed by atoms with Crippen molar-refractivity contribution in [2.24, 2.45) is 7.05 Å². The van der Waals surface area contributed by atoms with Gasteiger partial charge in [0.1, 0.15) is 4.90 Å². The van der Waals surface area contributed by atoms with Crippen molar-refractivity contribution in [2.45, 2.75) is 56.5 Å². The van der Waals surface area contributed by atoms with Gasteiger partial charge in [0.25, 0.3) is 0 Å². The van der Waals surface area contributed by atoms with Crippen LogP contribution in [0.3, 0.4) is 0 Å². The van der Waals surface area contributed by atoms with E-state index in [0.29, 0.717) is 16.3 Å². The molecule has 1 aliphatic rings. The summed E-state index contributed by atoms with van der Waals surface area (Å²) >= 11 is 0. The molecule has 1 saturated carbocycles. The van der Waals surface area contributed by atoms with Gasteiger partial charge in [0.15, 0.2) is 0 Å². The van der Waals surface area contributed by atoms with Crippen LogP contribution in [-0.4, -0.2) is 49.3 Å². The average Bonchev–Trinajstić information content (AvgIpc) is 2.63. The van der Waals surface area contributed by atoms with Gasteiger partial charge >= 0.3 is 0 Å². The largest absolute Gasteiger partial charge is 0.305 e. The second kappa shape index (κ2) is 6.06. The van der Waals surface area contributed by atoms with E-state index in [1.54, 1.807) is 25.6 Å². The highest BCUT2D eigenvalue weighted by atomic mass is 32.2. The minimum Gasteiger partial charge on any atom is -0.305 e. The Hall–Kier alpha value is -0.920. The van der Waals surface area contributed by atoms with Crippen LogP contribution in [-0.2, 0) is 17.1 Å². The third-order valence-electron chi connectivity index (χ3n) is 4.41. The van der Waals surface area contributed by atoms with Crippen LogP contribution in [0.5, 0.6) is 0 Å². The molecule has 1 aromatic heterocycles. The lowest BCUT2D eigenvalue weighted by molar-refractivity contribution is 0.191. The molecule has 21 heavy (non-hydrogen) atoms. The first-order valence-corrected chi connectivity index (χ1v) is 8.91. The van der Waals surface area contributed by atoms with Crippen LogP contribution in [0.1, 0.15) is 37.1 Å². The summed E-state index contributed by atoms with van der Waals surface area (Å²) in [7, 11) is 2.27. The van der Waals surface area contributed by atoms with Gasteiger partial charge in [-0.05, 0) is 40.8 Å². The molecule has 120 valence electrons. The second-order valence-corrected chi connectivity index (χ2v) is 7.82. The Bertz CT molecular complexity index is 607. The minimum absolute atomic E-state index is 0.0299. The molecule has 1 aromatic rings. The molecule has 1 fully saturated rings. The number of nitrogens with one attached hydrogen (secondary N) is 1. The van der Waals surface area contributed by atoms with Crippen molar-refractivity contribution < 1.29 is 8.42 Å². The molecule has 2 rings (SSSR count). The van der Waals surface area contributed by atoms with Gasteiger partial charge in [0.2, 0.25) is 10.0 Å². The number of rotatable bonds is 4. The van der Waals surface area contributed by atoms with Gasteiger partial charge in [-0.3, -0.25) is 4.68 Å². The summed E-state index contributed by atoms with van der Waals surface area (Å²) in [4.78, 5) is 2.45. The fourth-order valence-electron chi connectivity index (χ4n) is 3.27. The van der Waals surface area contributed by atoms with Crippen molar-refractivity contribution >= 4 is 10.0 Å². The van der Waals surface area contributed by atoms with E-state index in [4.69, 9.17) is 0 Å². The fourth-order valence-corrected chi connectivity index (χ4v) is 5.01. The normalized spacial score (nSPS) is 23.7. The first-order chi connectivity index (χ1) is 9.74. The first-order valence-electron chi connectivity index (χ1n) is 7.43. The number of hydrogen-bond donors (Lipinski definition) is 1. The minimum atomic E-state index is -3.53. The highest BCUT2D eigenvalue weighted by Crippen LogP contribution is 2.25. The van der Waals surface area contributed by atoms with E-state index in [2.05, 4.69) is 14.7 Å². The van der Waals surface area contributed by atoms with Crippen molar-refractivity contribution in [3.8, 4) is 0 Å². The number of aromatic nitrogens is 2. The fraction of sp³-hybridized carbons (Fsp3) is 0.786. The highest BCUT2D eigenvalue weighted by Gasteiger charge is 2.33. The van der Waals surface area contributed by atoms with E-state index in [1.165, 1.54) is 0 Å². The molecule has 1 heterocycles. The zero-order valence-electron chi connectivity index (χ0n) is 13.5. The number of sulfonamides is 1. The molecule has 0 radical (unpaired) electrons. The third-order valence-corrected chi connectivity index (χ3v) is 6.15. The molecule has 0 aromatic carbocycles. The van der Waals surface area contributed by atoms with Gasteiger partial charge in [-0.15, -0.1) is 0 Å². The van der Waals surface area contributed by atoms with E-state index in [9.17, 15) is 8.42 Å². The van der Waals surface area contributed by atoms with Crippen LogP contribution in [0.2, 0.25) is 0 Å². The van der Waals surface area contributed by atoms with Crippen molar-refractivity contribution in [3.63, 3.8) is 0 Å². The molecule has 0 bridgehead atoms. The van der Waals surface area contributed by atoms with Crippen LogP contribution in [0.4, 0.5) is 0 Å². The Labute approximate surface area is 127 Å². The molecule has 0 saturated heterocycles. The molecule has 2 atom stereocenters. The summed E-state index contributed by atoms with van der Waals surface area (Å²) in [6, 6.07) is 0.226. The van der Waals surface area contributed by atoms with Gasteiger partial charge in [-0.1, -0.05) is 12.8 Å². The maximum absolute atomic E-state index is 12.7. The average molecular weight is 314 g/mol.